The predicted molar refractivity (Wildman–Crippen MR) is 226 cm³/mol. The van der Waals surface area contributed by atoms with Gasteiger partial charge in [-0.2, -0.15) is 15.1 Å². The number of halogens is 1. The van der Waals surface area contributed by atoms with Gasteiger partial charge in [-0.15, -0.1) is 0 Å². The summed E-state index contributed by atoms with van der Waals surface area (Å²) in [5.41, 5.74) is 4.24. The second-order valence-electron chi connectivity index (χ2n) is 17.8. The Kier molecular flexibility index (Phi) is 10.8. The van der Waals surface area contributed by atoms with Crippen LogP contribution in [0.25, 0.3) is 32.9 Å². The molecule has 3 aliphatic heterocycles. The number of anilines is 1. The first-order valence-corrected chi connectivity index (χ1v) is 21.3. The van der Waals surface area contributed by atoms with Gasteiger partial charge in [-0.25, -0.2) is 18.7 Å². The van der Waals surface area contributed by atoms with Gasteiger partial charge in [-0.3, -0.25) is 0 Å². The molecular formula is C46H53FN6O8. The van der Waals surface area contributed by atoms with Gasteiger partial charge in [0, 0.05) is 54.8 Å². The van der Waals surface area contributed by atoms with Crippen molar-refractivity contribution in [3.8, 4) is 22.9 Å². The average molecular weight is 837 g/mol. The summed E-state index contributed by atoms with van der Waals surface area (Å²) >= 11 is 0. The first-order valence-electron chi connectivity index (χ1n) is 21.3. The molecule has 1 amide bonds. The Hall–Kier alpha value is -5.54. The third kappa shape index (κ3) is 7.93. The number of aromatic nitrogens is 4. The van der Waals surface area contributed by atoms with Gasteiger partial charge in [-0.1, -0.05) is 12.1 Å². The van der Waals surface area contributed by atoms with Crippen LogP contribution in [0.2, 0.25) is 0 Å². The SMILES string of the molecule is CO[C@@H](C)COc1nc(N2C[C@@H]3C[C@H]2CN3C(=O)OC(C)(C)C)c2cc(C3CC3)c(-c3c(C)c(F)cc4c3cnn4C3CCCCO3)c(OCc3ccc(C(=O)O)cc3)c2n1. The maximum Gasteiger partial charge on any atom is 0.410 e. The van der Waals surface area contributed by atoms with E-state index >= 15 is 4.39 Å². The lowest BCUT2D eigenvalue weighted by Gasteiger charge is -2.36. The zero-order chi connectivity index (χ0) is 42.7. The van der Waals surface area contributed by atoms with Crippen molar-refractivity contribution in [3.05, 3.63) is 70.7 Å². The second-order valence-corrected chi connectivity index (χ2v) is 17.8. The number of carboxylic acids is 1. The molecule has 4 atom stereocenters. The summed E-state index contributed by atoms with van der Waals surface area (Å²) in [7, 11) is 1.61. The second kappa shape index (κ2) is 16.1. The molecule has 3 saturated heterocycles. The first-order chi connectivity index (χ1) is 29.3. The van der Waals surface area contributed by atoms with Crippen molar-refractivity contribution in [2.24, 2.45) is 0 Å². The van der Waals surface area contributed by atoms with Crippen LogP contribution in [-0.4, -0.2) is 99.0 Å². The molecule has 1 aliphatic carbocycles. The number of nitrogens with zero attached hydrogens (tertiary/aromatic N) is 6. The van der Waals surface area contributed by atoms with Gasteiger partial charge in [-0.05, 0) is 114 Å². The van der Waals surface area contributed by atoms with Gasteiger partial charge >= 0.3 is 18.1 Å². The maximum absolute atomic E-state index is 16.5. The van der Waals surface area contributed by atoms with E-state index in [1.54, 1.807) is 55.2 Å². The Labute approximate surface area is 353 Å². The molecule has 2 bridgehead atoms. The molecule has 61 heavy (non-hydrogen) atoms. The molecule has 0 radical (unpaired) electrons. The summed E-state index contributed by atoms with van der Waals surface area (Å²) in [5.74, 6) is -0.136. The lowest BCUT2D eigenvalue weighted by Crippen LogP contribution is -2.50. The summed E-state index contributed by atoms with van der Waals surface area (Å²) in [6, 6.07) is 10.3. The van der Waals surface area contributed by atoms with Crippen LogP contribution >= 0.6 is 0 Å². The molecule has 1 unspecified atom stereocenters. The highest BCUT2D eigenvalue weighted by atomic mass is 19.1. The van der Waals surface area contributed by atoms with Crippen LogP contribution in [0.3, 0.4) is 0 Å². The van der Waals surface area contributed by atoms with Crippen LogP contribution < -0.4 is 14.4 Å². The lowest BCUT2D eigenvalue weighted by atomic mass is 9.88. The molecule has 322 valence electrons. The van der Waals surface area contributed by atoms with Crippen LogP contribution in [0, 0.1) is 12.7 Å². The zero-order valence-electron chi connectivity index (χ0n) is 35.6. The van der Waals surface area contributed by atoms with Crippen molar-refractivity contribution >= 4 is 39.7 Å². The molecule has 4 fully saturated rings. The number of carboxylic acid groups (broad SMARTS) is 1. The number of hydrogen-bond acceptors (Lipinski definition) is 11. The highest BCUT2D eigenvalue weighted by Gasteiger charge is 2.48. The van der Waals surface area contributed by atoms with Crippen molar-refractivity contribution in [3.63, 3.8) is 0 Å². The van der Waals surface area contributed by atoms with Gasteiger partial charge in [0.05, 0.1) is 35.5 Å². The molecule has 4 aliphatic rings. The molecule has 5 aromatic rings. The van der Waals surface area contributed by atoms with Crippen LogP contribution in [0.15, 0.2) is 42.6 Å². The number of methoxy groups -OCH3 is 1. The number of likely N-dealkylation sites (tertiary alicyclic amines) is 1. The van der Waals surface area contributed by atoms with E-state index in [1.807, 2.05) is 32.6 Å². The predicted octanol–water partition coefficient (Wildman–Crippen LogP) is 8.56. The average Bonchev–Trinajstić information content (AvgIpc) is 3.68. The summed E-state index contributed by atoms with van der Waals surface area (Å²) in [5, 5.41) is 15.9. The minimum Gasteiger partial charge on any atom is -0.486 e. The van der Waals surface area contributed by atoms with Crippen LogP contribution in [-0.2, 0) is 20.8 Å². The number of hydrogen-bond donors (Lipinski definition) is 1. The van der Waals surface area contributed by atoms with Gasteiger partial charge in [0.25, 0.3) is 0 Å². The third-order valence-electron chi connectivity index (χ3n) is 12.3. The number of amides is 1. The van der Waals surface area contributed by atoms with E-state index in [1.165, 1.54) is 0 Å². The number of carbonyl (C=O) groups is 2. The quantitative estimate of drug-likeness (QED) is 0.128. The smallest absolute Gasteiger partial charge is 0.410 e. The van der Waals surface area contributed by atoms with Crippen LogP contribution in [0.5, 0.6) is 11.8 Å². The molecule has 9 rings (SSSR count). The number of ether oxygens (including phenoxy) is 5. The van der Waals surface area contributed by atoms with E-state index in [9.17, 15) is 14.7 Å². The minimum atomic E-state index is -1.02. The normalized spacial score (nSPS) is 20.7. The largest absolute Gasteiger partial charge is 0.486 e. The van der Waals surface area contributed by atoms with E-state index in [0.29, 0.717) is 53.4 Å². The van der Waals surface area contributed by atoms with Gasteiger partial charge < -0.3 is 38.6 Å². The molecule has 1 saturated carbocycles. The summed E-state index contributed by atoms with van der Waals surface area (Å²) in [6.07, 6.45) is 6.27. The van der Waals surface area contributed by atoms with E-state index < -0.39 is 11.6 Å². The van der Waals surface area contributed by atoms with Crippen molar-refractivity contribution in [1.82, 2.24) is 24.6 Å². The van der Waals surface area contributed by atoms with Crippen LogP contribution in [0.4, 0.5) is 15.0 Å². The molecule has 15 heteroatoms. The summed E-state index contributed by atoms with van der Waals surface area (Å²) in [4.78, 5) is 39.3. The number of fused-ring (bicyclic) bond motifs is 4. The topological polar surface area (TPSA) is 151 Å². The molecule has 0 spiro atoms. The first kappa shape index (κ1) is 40.8. The fourth-order valence-electron chi connectivity index (χ4n) is 8.97. The van der Waals surface area contributed by atoms with Crippen molar-refractivity contribution < 1.29 is 42.8 Å². The van der Waals surface area contributed by atoms with E-state index in [4.69, 9.17) is 38.8 Å². The molecule has 2 aromatic heterocycles. The number of benzene rings is 3. The number of aromatic carboxylic acids is 1. The maximum atomic E-state index is 16.5. The fraction of sp³-hybridized carbons (Fsp3) is 0.500. The van der Waals surface area contributed by atoms with E-state index in [0.717, 1.165) is 66.0 Å². The zero-order valence-corrected chi connectivity index (χ0v) is 35.6. The van der Waals surface area contributed by atoms with Crippen LogP contribution in [0.1, 0.15) is 105 Å². The van der Waals surface area contributed by atoms with Gasteiger partial charge in [0.15, 0.2) is 12.0 Å². The van der Waals surface area contributed by atoms with Gasteiger partial charge in [0.2, 0.25) is 0 Å². The molecule has 1 N–H and O–H groups in total. The monoisotopic (exact) mass is 836 g/mol. The third-order valence-corrected chi connectivity index (χ3v) is 12.3. The molecule has 3 aromatic carbocycles. The van der Waals surface area contributed by atoms with E-state index in [-0.39, 0.29) is 67.0 Å². The van der Waals surface area contributed by atoms with Gasteiger partial charge in [0.1, 0.15) is 36.0 Å². The van der Waals surface area contributed by atoms with Crippen molar-refractivity contribution in [1.29, 1.82) is 0 Å². The lowest BCUT2D eigenvalue weighted by molar-refractivity contribution is -0.0367. The number of rotatable bonds is 12. The highest BCUT2D eigenvalue weighted by Crippen LogP contribution is 2.54. The fourth-order valence-corrected chi connectivity index (χ4v) is 8.97. The summed E-state index contributed by atoms with van der Waals surface area (Å²) in [6.45, 7) is 11.2. The number of carbonyl (C=O) groups excluding carboxylic acids is 1. The highest BCUT2D eigenvalue weighted by molar-refractivity contribution is 6.06. The summed E-state index contributed by atoms with van der Waals surface area (Å²) < 4.78 is 49.0. The molecule has 14 nitrogen and oxygen atoms in total. The standard InChI is InChI=1S/C46H53FN6O8/c1-25(57-6)23-60-44-49-40-33(42(50-44)51-21-31-17-30(51)22-52(31)45(56)61-46(3,4)5)18-32(28-14-15-28)39(41(40)59-24-27-10-12-29(13-11-27)43(54)55)38-26(2)35(47)19-36-34(38)20-48-53(36)37-9-7-8-16-58-37/h10-13,18-20,25,28,30-31,37H,7-9,14-17,21-24H2,1-6H3,(H,54,55)/t25-,30-,31-,37?/m0/s1. The Bertz CT molecular complexity index is 2490. The van der Waals surface area contributed by atoms with Crippen molar-refractivity contribution in [2.75, 3.05) is 38.3 Å². The number of piperazine rings is 1. The van der Waals surface area contributed by atoms with E-state index in [2.05, 4.69) is 11.0 Å². The Morgan fingerprint density at radius 1 is 1.00 bits per heavy atom. The van der Waals surface area contributed by atoms with Crippen molar-refractivity contribution in [2.45, 2.75) is 116 Å². The Balaban J connectivity index is 1.24. The Morgan fingerprint density at radius 3 is 2.44 bits per heavy atom. The molecule has 5 heterocycles. The molecular weight excluding hydrogens is 784 g/mol. The minimum absolute atomic E-state index is 0.0412. The Morgan fingerprint density at radius 2 is 1.79 bits per heavy atom.